The Morgan fingerprint density at radius 3 is 0.925 bits per heavy atom. The van der Waals surface area contributed by atoms with Gasteiger partial charge in [-0.05, 0) is 132 Å². The van der Waals surface area contributed by atoms with Crippen molar-refractivity contribution in [2.75, 3.05) is 0 Å². The number of hydrogen-bond acceptors (Lipinski definition) is 20. The molecule has 0 bridgehead atoms. The first-order chi connectivity index (χ1) is 29.4. The van der Waals surface area contributed by atoms with Gasteiger partial charge in [-0.1, -0.05) is 0 Å². The van der Waals surface area contributed by atoms with E-state index in [0.717, 1.165) is 22.5 Å². The Morgan fingerprint density at radius 2 is 0.672 bits per heavy atom. The molecule has 0 radical (unpaired) electrons. The molecule has 0 spiro atoms. The molecule has 20 nitrogen and oxygen atoms in total. The van der Waals surface area contributed by atoms with Crippen LogP contribution in [-0.4, -0.2) is 87.8 Å². The average Bonchev–Trinajstić information content (AvgIpc) is 3.16. The van der Waals surface area contributed by atoms with Gasteiger partial charge in [0.05, 0.1) is 97.6 Å². The summed E-state index contributed by atoms with van der Waals surface area (Å²) in [6.07, 6.45) is 10.1. The van der Waals surface area contributed by atoms with Crippen molar-refractivity contribution in [3.05, 3.63) is 143 Å². The number of carboxylic acids is 1. The Bertz CT molecular complexity index is 2730. The molecule has 0 saturated heterocycles. The van der Waals surface area contributed by atoms with E-state index in [-0.39, 0.29) is 160 Å². The van der Waals surface area contributed by atoms with Crippen LogP contribution in [-0.2, 0) is 94.2 Å². The van der Waals surface area contributed by atoms with E-state index in [1.807, 2.05) is 31.2 Å². The monoisotopic (exact) mass is 1110 g/mol. The molecular weight excluding hydrogens is 1070 g/mol. The molecule has 0 unspecified atom stereocenters. The Labute approximate surface area is 467 Å². The molecule has 6 rings (SSSR count). The zero-order chi connectivity index (χ0) is 46.4. The number of pyridine rings is 6. The molecular formula is C39H35N6Na3O14RuS4. The maximum atomic E-state index is 10.8. The fraction of sp³-hybridized carbons (Fsp3) is 0.205. The average molecular weight is 1110 g/mol. The second kappa shape index (κ2) is 29.7. The van der Waals surface area contributed by atoms with Crippen molar-refractivity contribution in [3.8, 4) is 34.2 Å². The van der Waals surface area contributed by atoms with E-state index in [4.69, 9.17) is 0 Å². The van der Waals surface area contributed by atoms with E-state index in [9.17, 15) is 61.8 Å². The number of carbonyl (C=O) groups excluding carboxylic acids is 1. The summed E-state index contributed by atoms with van der Waals surface area (Å²) >= 11 is 0. The van der Waals surface area contributed by atoms with Crippen molar-refractivity contribution in [2.45, 2.75) is 49.2 Å². The molecule has 0 aliphatic heterocycles. The van der Waals surface area contributed by atoms with Crippen LogP contribution in [0.1, 0.15) is 46.2 Å². The Balaban J connectivity index is 0.000000950. The predicted molar refractivity (Wildman–Crippen MR) is 219 cm³/mol. The summed E-state index contributed by atoms with van der Waals surface area (Å²) in [4.78, 5) is 34.9. The Hall–Kier alpha value is -2.37. The second-order valence-electron chi connectivity index (χ2n) is 13.5. The molecule has 28 heteroatoms. The van der Waals surface area contributed by atoms with Gasteiger partial charge in [0.1, 0.15) is 0 Å². The van der Waals surface area contributed by atoms with Crippen LogP contribution in [0, 0.1) is 6.92 Å². The number of aromatic nitrogens is 6. The van der Waals surface area contributed by atoms with Crippen LogP contribution >= 0.6 is 0 Å². The fourth-order valence-electron chi connectivity index (χ4n) is 5.52. The molecule has 6 heterocycles. The van der Waals surface area contributed by atoms with Crippen LogP contribution in [0.5, 0.6) is 0 Å². The van der Waals surface area contributed by atoms with E-state index < -0.39 is 69.5 Å². The minimum Gasteiger partial charge on any atom is -0.748 e. The molecule has 0 aliphatic rings. The zero-order valence-corrected chi connectivity index (χ0v) is 47.2. The zero-order valence-electron chi connectivity index (χ0n) is 36.2. The number of nitrogens with zero attached hydrogens (tertiary/aromatic N) is 6. The van der Waals surface area contributed by atoms with Crippen LogP contribution in [0.4, 0.5) is 0 Å². The van der Waals surface area contributed by atoms with E-state index in [1.165, 1.54) is 73.3 Å². The quantitative estimate of drug-likeness (QED) is 0.0681. The van der Waals surface area contributed by atoms with Crippen molar-refractivity contribution >= 4 is 46.4 Å². The number of hydrogen-bond donors (Lipinski definition) is 0. The van der Waals surface area contributed by atoms with Gasteiger partial charge in [-0.2, -0.15) is 0 Å². The maximum Gasteiger partial charge on any atom is 2.00 e. The molecule has 67 heavy (non-hydrogen) atoms. The van der Waals surface area contributed by atoms with Gasteiger partial charge >= 0.3 is 108 Å². The van der Waals surface area contributed by atoms with Crippen LogP contribution in [0.2, 0.25) is 0 Å². The van der Waals surface area contributed by atoms with E-state index in [0.29, 0.717) is 12.8 Å². The standard InChI is InChI=1S/C15H16N2O2.2C12H12N2O6S2.3Na.Ru/c1-11-5-7-16-13(9-11)14-10-12(6-8-17-14)3-2-4-15(18)19;2*15-21(16,17)7-9-1-3-13-11(5-9)12-6-10(2-4-14-12)8-22(18,19)20;;;;/h5-10H,2-4H2,1H3,(H,18,19);2*1-6H,7-8H2,(H,15,16,17)(H,18,19,20);;;;/q;;;3*+1;+2/p-5. The third-order valence-electron chi connectivity index (χ3n) is 8.04. The normalized spacial score (nSPS) is 11.0. The van der Waals surface area contributed by atoms with Gasteiger partial charge in [-0.15, -0.1) is 0 Å². The van der Waals surface area contributed by atoms with Gasteiger partial charge < -0.3 is 28.1 Å². The summed E-state index contributed by atoms with van der Waals surface area (Å²) in [7, 11) is -17.7. The summed E-state index contributed by atoms with van der Waals surface area (Å²) in [6, 6.07) is 18.8. The summed E-state index contributed by atoms with van der Waals surface area (Å²) in [5, 5.41) is 10.4. The minimum atomic E-state index is -4.43. The predicted octanol–water partition coefficient (Wildman–Crippen LogP) is -7.00. The molecule has 0 aromatic carbocycles. The van der Waals surface area contributed by atoms with Crippen molar-refractivity contribution in [3.63, 3.8) is 0 Å². The number of aryl methyl sites for hydroxylation is 2. The summed E-state index contributed by atoms with van der Waals surface area (Å²) < 4.78 is 129. The molecule has 0 N–H and O–H groups in total. The SMILES string of the molecule is Cc1ccnc(-c2cc(CCCC(=O)[O-])ccn2)c1.O=S(=O)([O-])Cc1ccnc(-c2cc(CS(=O)(=O)[O-])ccn2)c1.O=S(=O)([O-])Cc1ccnc(-c2cc(CS(=O)(=O)[O-])ccn2)c1.[Na+].[Na+].[Na+].[Ru+2]. The van der Waals surface area contributed by atoms with Gasteiger partial charge in [-0.25, -0.2) is 33.7 Å². The van der Waals surface area contributed by atoms with Crippen molar-refractivity contribution in [2.24, 2.45) is 0 Å². The summed E-state index contributed by atoms with van der Waals surface area (Å²) in [5.74, 6) is -3.74. The fourth-order valence-corrected chi connectivity index (χ4v) is 7.87. The Morgan fingerprint density at radius 1 is 0.433 bits per heavy atom. The van der Waals surface area contributed by atoms with Crippen molar-refractivity contribution in [1.82, 2.24) is 29.9 Å². The molecule has 0 amide bonds. The maximum absolute atomic E-state index is 10.8. The van der Waals surface area contributed by atoms with E-state index in [1.54, 1.807) is 12.4 Å². The summed E-state index contributed by atoms with van der Waals surface area (Å²) in [6.45, 7) is 2.01. The first kappa shape index (κ1) is 64.6. The number of rotatable bonds is 15. The minimum absolute atomic E-state index is 0. The first-order valence-electron chi connectivity index (χ1n) is 18.0. The van der Waals surface area contributed by atoms with Crippen molar-refractivity contribution < 1.29 is 170 Å². The largest absolute Gasteiger partial charge is 2.00 e. The van der Waals surface area contributed by atoms with Gasteiger partial charge in [-0.3, -0.25) is 29.9 Å². The Kier molecular flexibility index (Phi) is 28.7. The number of aliphatic carboxylic acids is 1. The number of carbonyl (C=O) groups is 1. The van der Waals surface area contributed by atoms with Crippen molar-refractivity contribution in [1.29, 1.82) is 0 Å². The third-order valence-corrected chi connectivity index (χ3v) is 10.8. The van der Waals surface area contributed by atoms with E-state index in [2.05, 4.69) is 29.9 Å². The van der Waals surface area contributed by atoms with Gasteiger partial charge in [0.15, 0.2) is 0 Å². The van der Waals surface area contributed by atoms with E-state index >= 15 is 0 Å². The van der Waals surface area contributed by atoms with Gasteiger partial charge in [0, 0.05) is 43.2 Å². The summed E-state index contributed by atoms with van der Waals surface area (Å²) in [5.41, 5.74) is 5.88. The smallest absolute Gasteiger partial charge is 0.748 e. The van der Waals surface area contributed by atoms with Crippen LogP contribution in [0.3, 0.4) is 0 Å². The first-order valence-corrected chi connectivity index (χ1v) is 24.3. The molecule has 0 aliphatic carbocycles. The van der Waals surface area contributed by atoms with Gasteiger partial charge in [0.25, 0.3) is 0 Å². The third kappa shape index (κ3) is 26.4. The van der Waals surface area contributed by atoms with Crippen LogP contribution in [0.25, 0.3) is 34.2 Å². The second-order valence-corrected chi connectivity index (χ2v) is 19.1. The van der Waals surface area contributed by atoms with Crippen LogP contribution in [0.15, 0.2) is 110 Å². The molecule has 6 aromatic rings. The molecule has 0 fully saturated rings. The van der Waals surface area contributed by atoms with Crippen LogP contribution < -0.4 is 93.8 Å². The molecule has 340 valence electrons. The molecule has 6 aromatic heterocycles. The van der Waals surface area contributed by atoms with Gasteiger partial charge in [0.2, 0.25) is 0 Å². The number of carboxylic acid groups (broad SMARTS) is 1. The molecule has 0 saturated carbocycles. The topological polar surface area (TPSA) is 346 Å². The molecule has 0 atom stereocenters.